The number of nitrogens with one attached hydrogen (secondary N) is 1. The summed E-state index contributed by atoms with van der Waals surface area (Å²) in [5.74, 6) is -0.310. The second-order valence-electron chi connectivity index (χ2n) is 9.76. The number of halogens is 2. The smallest absolute Gasteiger partial charge is 0.170 e. The molecule has 1 fully saturated rings. The molecule has 1 heterocycles. The highest BCUT2D eigenvalue weighted by atomic mass is 35.5. The fourth-order valence-electron chi connectivity index (χ4n) is 5.18. The second-order valence-corrected chi connectivity index (χ2v) is 9.76. The van der Waals surface area contributed by atoms with Gasteiger partial charge in [0.1, 0.15) is 5.82 Å². The lowest BCUT2D eigenvalue weighted by molar-refractivity contribution is -0.120. The molecule has 0 unspecified atom stereocenters. The van der Waals surface area contributed by atoms with E-state index in [2.05, 4.69) is 10.2 Å². The van der Waals surface area contributed by atoms with Crippen molar-refractivity contribution < 1.29 is 24.3 Å². The molecule has 2 aliphatic rings. The summed E-state index contributed by atoms with van der Waals surface area (Å²) in [5, 5.41) is 2.91. The van der Waals surface area contributed by atoms with Crippen LogP contribution in [0.15, 0.2) is 42.0 Å². The maximum atomic E-state index is 13.9. The van der Waals surface area contributed by atoms with Crippen molar-refractivity contribution in [2.45, 2.75) is 38.5 Å². The third-order valence-electron chi connectivity index (χ3n) is 7.33. The molecular weight excluding hydrogens is 509 g/mol. The van der Waals surface area contributed by atoms with Gasteiger partial charge in [-0.15, -0.1) is 12.4 Å². The molecule has 1 aliphatic carbocycles. The summed E-state index contributed by atoms with van der Waals surface area (Å²) in [6.45, 7) is 3.73. The topological polar surface area (TPSA) is 124 Å². The molecule has 2 aromatic rings. The van der Waals surface area contributed by atoms with Crippen LogP contribution in [0.1, 0.15) is 52.7 Å². The Morgan fingerprint density at radius 2 is 1.79 bits per heavy atom. The molecule has 4 rings (SSSR count). The zero-order valence-corrected chi connectivity index (χ0v) is 22.5. The van der Waals surface area contributed by atoms with E-state index in [1.54, 1.807) is 31.3 Å². The van der Waals surface area contributed by atoms with Crippen LogP contribution in [0.5, 0.6) is 0 Å². The number of nitrogens with zero attached hydrogens (tertiary/aromatic N) is 1. The Balaban J connectivity index is 0.00000253. The Labute approximate surface area is 229 Å². The lowest BCUT2D eigenvalue weighted by atomic mass is 9.86. The normalized spacial score (nSPS) is 15.6. The van der Waals surface area contributed by atoms with E-state index < -0.39 is 5.82 Å². The minimum atomic E-state index is -0.423. The fraction of sp³-hybridized carbons (Fsp3) is 0.414. The van der Waals surface area contributed by atoms with Crippen LogP contribution in [-0.4, -0.2) is 61.0 Å². The number of carbonyl (C=O) groups excluding carboxylic acids is 3. The minimum absolute atomic E-state index is 0. The lowest BCUT2D eigenvalue weighted by Gasteiger charge is -2.31. The summed E-state index contributed by atoms with van der Waals surface area (Å²) in [6, 6.07) is 9.76. The van der Waals surface area contributed by atoms with Crippen LogP contribution < -0.4 is 11.1 Å². The quantitative estimate of drug-likeness (QED) is 0.348. The summed E-state index contributed by atoms with van der Waals surface area (Å²) < 4.78 is 13.9. The van der Waals surface area contributed by atoms with E-state index in [1.807, 2.05) is 0 Å². The molecule has 9 heteroatoms. The number of hydrogen-bond acceptors (Lipinski definition) is 6. The van der Waals surface area contributed by atoms with Gasteiger partial charge in [-0.05, 0) is 73.2 Å². The molecule has 0 bridgehead atoms. The van der Waals surface area contributed by atoms with Crippen molar-refractivity contribution in [3.8, 4) is 0 Å². The Morgan fingerprint density at radius 1 is 1.11 bits per heavy atom. The number of likely N-dealkylation sites (tertiary alicyclic amines) is 1. The van der Waals surface area contributed by atoms with Crippen LogP contribution in [0, 0.1) is 11.7 Å². The molecule has 1 saturated heterocycles. The predicted octanol–water partition coefficient (Wildman–Crippen LogP) is 3.42. The first kappa shape index (κ1) is 31.3. The highest BCUT2D eigenvalue weighted by molar-refractivity contribution is 6.25. The number of carbonyl (C=O) groups is 3. The van der Waals surface area contributed by atoms with E-state index in [0.29, 0.717) is 41.3 Å². The average molecular weight is 546 g/mol. The number of Topliss-reactive ketones (excluding diaryl/α,β-unsaturated/α-hetero) is 3. The summed E-state index contributed by atoms with van der Waals surface area (Å²) in [7, 11) is 1.67. The van der Waals surface area contributed by atoms with E-state index in [4.69, 9.17) is 5.73 Å². The van der Waals surface area contributed by atoms with Crippen LogP contribution in [-0.2, 0) is 22.4 Å². The SMILES string of the molecule is CNc1cc(F)cc2c1CC(=O)C(C(=O)Cc1ccc(C(=O)CCC3CCN(CCN)CC3)cc1)=C2.Cl.O. The Hall–Kier alpha value is -2.91. The van der Waals surface area contributed by atoms with Gasteiger partial charge in [-0.2, -0.15) is 0 Å². The molecule has 0 aromatic heterocycles. The van der Waals surface area contributed by atoms with Crippen LogP contribution in [0.25, 0.3) is 6.08 Å². The van der Waals surface area contributed by atoms with Crippen LogP contribution in [0.2, 0.25) is 0 Å². The molecule has 0 spiro atoms. The molecule has 0 amide bonds. The number of benzene rings is 2. The molecular formula is C29H37ClFN3O4. The zero-order valence-electron chi connectivity index (χ0n) is 21.7. The lowest BCUT2D eigenvalue weighted by Crippen LogP contribution is -2.37. The average Bonchev–Trinajstić information content (AvgIpc) is 2.88. The maximum absolute atomic E-state index is 13.9. The van der Waals surface area contributed by atoms with Crippen molar-refractivity contribution in [1.29, 1.82) is 0 Å². The van der Waals surface area contributed by atoms with Crippen molar-refractivity contribution in [1.82, 2.24) is 4.90 Å². The summed E-state index contributed by atoms with van der Waals surface area (Å²) in [5.41, 5.74) is 8.90. The van der Waals surface area contributed by atoms with E-state index in [-0.39, 0.29) is 53.6 Å². The first-order valence-corrected chi connectivity index (χ1v) is 12.7. The number of fused-ring (bicyclic) bond motifs is 1. The highest BCUT2D eigenvalue weighted by Gasteiger charge is 2.26. The first-order valence-electron chi connectivity index (χ1n) is 12.7. The second kappa shape index (κ2) is 14.3. The van der Waals surface area contributed by atoms with Crippen molar-refractivity contribution in [2.75, 3.05) is 38.5 Å². The maximum Gasteiger partial charge on any atom is 0.170 e. The van der Waals surface area contributed by atoms with Gasteiger partial charge in [0.05, 0.1) is 5.57 Å². The molecule has 1 aliphatic heterocycles. The van der Waals surface area contributed by atoms with Crippen molar-refractivity contribution >= 4 is 41.5 Å². The molecule has 5 N–H and O–H groups in total. The summed E-state index contributed by atoms with van der Waals surface area (Å²) in [6.07, 6.45) is 5.23. The minimum Gasteiger partial charge on any atom is -0.412 e. The Kier molecular flexibility index (Phi) is 11.8. The fourth-order valence-corrected chi connectivity index (χ4v) is 5.18. The molecule has 38 heavy (non-hydrogen) atoms. The number of ketones is 3. The van der Waals surface area contributed by atoms with Gasteiger partial charge in [-0.1, -0.05) is 24.3 Å². The van der Waals surface area contributed by atoms with E-state index >= 15 is 0 Å². The van der Waals surface area contributed by atoms with Crippen molar-refractivity contribution in [3.63, 3.8) is 0 Å². The number of piperidine rings is 1. The summed E-state index contributed by atoms with van der Waals surface area (Å²) >= 11 is 0. The third-order valence-corrected chi connectivity index (χ3v) is 7.33. The molecule has 2 aromatic carbocycles. The molecule has 0 atom stereocenters. The number of rotatable bonds is 10. The number of anilines is 1. The standard InChI is InChI=1S/C29H34FN3O3.ClH.H2O/c1-32-26-17-23(30)15-22-16-25(29(36)18-24(22)26)28(35)14-20-2-5-21(6-3-20)27(34)7-4-19-8-11-33(12-9-19)13-10-31;;/h2-3,5-6,15-17,19,32H,4,7-14,18,31H2,1H3;1H;1H2. The molecule has 206 valence electrons. The van der Waals surface area contributed by atoms with Crippen molar-refractivity contribution in [3.05, 3.63) is 70.0 Å². The van der Waals surface area contributed by atoms with Gasteiger partial charge in [0, 0.05) is 50.7 Å². The van der Waals surface area contributed by atoms with Gasteiger partial charge in [0.25, 0.3) is 0 Å². The van der Waals surface area contributed by atoms with Gasteiger partial charge in [-0.3, -0.25) is 14.4 Å². The molecule has 0 radical (unpaired) electrons. The third kappa shape index (κ3) is 7.57. The molecule has 0 saturated carbocycles. The number of allylic oxidation sites excluding steroid dienone is 1. The highest BCUT2D eigenvalue weighted by Crippen LogP contribution is 2.30. The van der Waals surface area contributed by atoms with Gasteiger partial charge in [0.2, 0.25) is 0 Å². The Morgan fingerprint density at radius 3 is 2.42 bits per heavy atom. The van der Waals surface area contributed by atoms with Crippen LogP contribution >= 0.6 is 12.4 Å². The predicted molar refractivity (Wildman–Crippen MR) is 150 cm³/mol. The van der Waals surface area contributed by atoms with Gasteiger partial charge in [0.15, 0.2) is 17.3 Å². The van der Waals surface area contributed by atoms with Gasteiger partial charge >= 0.3 is 0 Å². The zero-order chi connectivity index (χ0) is 25.7. The molecule has 7 nitrogen and oxygen atoms in total. The van der Waals surface area contributed by atoms with E-state index in [9.17, 15) is 18.8 Å². The van der Waals surface area contributed by atoms with Gasteiger partial charge in [-0.25, -0.2) is 4.39 Å². The largest absolute Gasteiger partial charge is 0.412 e. The number of hydrogen-bond donors (Lipinski definition) is 2. The van der Waals surface area contributed by atoms with Gasteiger partial charge < -0.3 is 21.4 Å². The van der Waals surface area contributed by atoms with Crippen LogP contribution in [0.3, 0.4) is 0 Å². The Bertz CT molecular complexity index is 1180. The first-order chi connectivity index (χ1) is 17.4. The van der Waals surface area contributed by atoms with Crippen LogP contribution in [0.4, 0.5) is 10.1 Å². The monoisotopic (exact) mass is 545 g/mol. The van der Waals surface area contributed by atoms with E-state index in [1.165, 1.54) is 18.2 Å². The van der Waals surface area contributed by atoms with Crippen molar-refractivity contribution in [2.24, 2.45) is 11.7 Å². The van der Waals surface area contributed by atoms with E-state index in [0.717, 1.165) is 44.5 Å². The number of nitrogens with two attached hydrogens (primary N) is 1. The summed E-state index contributed by atoms with van der Waals surface area (Å²) in [4.78, 5) is 40.7.